The summed E-state index contributed by atoms with van der Waals surface area (Å²) in [5, 5.41) is 9.98. The first-order chi connectivity index (χ1) is 13.4. The number of H-pyrrole nitrogens is 1. The van der Waals surface area contributed by atoms with Gasteiger partial charge in [-0.1, -0.05) is 34.1 Å². The number of nitrogens with one attached hydrogen (secondary N) is 1. The average molecular weight is 470 g/mol. The smallest absolute Gasteiger partial charge is 0.132 e. The molecule has 0 bridgehead atoms. The number of nitrogens with zero attached hydrogens (tertiary/aromatic N) is 1. The third-order valence-corrected chi connectivity index (χ3v) is 6.18. The van der Waals surface area contributed by atoms with Crippen molar-refractivity contribution in [3.63, 3.8) is 0 Å². The van der Waals surface area contributed by atoms with Crippen LogP contribution in [-0.2, 0) is 6.42 Å². The largest absolute Gasteiger partial charge is 0.395 e. The number of hydrogen-bond donors (Lipinski definition) is 2. The Morgan fingerprint density at radius 1 is 1.29 bits per heavy atom. The lowest BCUT2D eigenvalue weighted by molar-refractivity contribution is 0.131. The summed E-state index contributed by atoms with van der Waals surface area (Å²) >= 11 is 9.38. The SMILES string of the molecule is CC1Cc2c([nH]c3ccccc23)C(c2c(F)cc(Br)cc2F)N1CC(Cl)CO. The highest BCUT2D eigenvalue weighted by Gasteiger charge is 2.39. The highest BCUT2D eigenvalue weighted by molar-refractivity contribution is 9.10. The predicted octanol–water partition coefficient (Wildman–Crippen LogP) is 5.14. The predicted molar refractivity (Wildman–Crippen MR) is 111 cm³/mol. The van der Waals surface area contributed by atoms with Gasteiger partial charge in [-0.25, -0.2) is 8.78 Å². The maximum Gasteiger partial charge on any atom is 0.132 e. The van der Waals surface area contributed by atoms with Crippen LogP contribution in [0.5, 0.6) is 0 Å². The van der Waals surface area contributed by atoms with E-state index in [-0.39, 0.29) is 18.2 Å². The topological polar surface area (TPSA) is 39.3 Å². The minimum atomic E-state index is -0.660. The molecule has 28 heavy (non-hydrogen) atoms. The highest BCUT2D eigenvalue weighted by Crippen LogP contribution is 2.43. The standard InChI is InChI=1S/C21H20BrClF2N2O/c1-11-6-15-14-4-2-3-5-18(14)26-20(15)21(27(11)9-13(23)10-28)19-16(24)7-12(22)8-17(19)25/h2-5,7-8,11,13,21,26,28H,6,9-10H2,1H3. The van der Waals surface area contributed by atoms with Gasteiger partial charge in [0.2, 0.25) is 0 Å². The van der Waals surface area contributed by atoms with Crippen LogP contribution in [0.2, 0.25) is 0 Å². The molecule has 0 radical (unpaired) electrons. The van der Waals surface area contributed by atoms with Crippen molar-refractivity contribution in [2.24, 2.45) is 0 Å². The first-order valence-electron chi connectivity index (χ1n) is 9.15. The number of aliphatic hydroxyl groups is 1. The molecule has 148 valence electrons. The summed E-state index contributed by atoms with van der Waals surface area (Å²) in [7, 11) is 0. The zero-order valence-corrected chi connectivity index (χ0v) is 17.6. The van der Waals surface area contributed by atoms with Gasteiger partial charge in [-0.2, -0.15) is 0 Å². The Labute approximate surface area is 175 Å². The molecule has 3 aromatic rings. The Morgan fingerprint density at radius 3 is 2.64 bits per heavy atom. The monoisotopic (exact) mass is 468 g/mol. The first-order valence-corrected chi connectivity index (χ1v) is 10.4. The molecule has 0 aliphatic carbocycles. The van der Waals surface area contributed by atoms with Gasteiger partial charge in [0.25, 0.3) is 0 Å². The van der Waals surface area contributed by atoms with Crippen LogP contribution >= 0.6 is 27.5 Å². The van der Waals surface area contributed by atoms with Crippen molar-refractivity contribution in [2.75, 3.05) is 13.2 Å². The molecule has 0 amide bonds. The quantitative estimate of drug-likeness (QED) is 0.519. The van der Waals surface area contributed by atoms with Crippen molar-refractivity contribution < 1.29 is 13.9 Å². The van der Waals surface area contributed by atoms with Crippen molar-refractivity contribution in [1.29, 1.82) is 0 Å². The number of fused-ring (bicyclic) bond motifs is 3. The highest BCUT2D eigenvalue weighted by atomic mass is 79.9. The fraction of sp³-hybridized carbons (Fsp3) is 0.333. The molecular weight excluding hydrogens is 450 g/mol. The van der Waals surface area contributed by atoms with E-state index < -0.39 is 23.1 Å². The molecule has 4 rings (SSSR count). The first kappa shape index (κ1) is 19.8. The molecule has 0 saturated carbocycles. The van der Waals surface area contributed by atoms with Crippen molar-refractivity contribution in [3.8, 4) is 0 Å². The third kappa shape index (κ3) is 3.36. The van der Waals surface area contributed by atoms with Crippen LogP contribution in [0.15, 0.2) is 40.9 Å². The Balaban J connectivity index is 1.95. The lowest BCUT2D eigenvalue weighted by Crippen LogP contribution is -2.46. The fourth-order valence-electron chi connectivity index (χ4n) is 4.20. The molecule has 3 atom stereocenters. The maximum atomic E-state index is 15.0. The summed E-state index contributed by atoms with van der Waals surface area (Å²) in [6.07, 6.45) is 0.727. The van der Waals surface area contributed by atoms with E-state index in [2.05, 4.69) is 20.9 Å². The number of alkyl halides is 1. The summed E-state index contributed by atoms with van der Waals surface area (Å²) in [5.74, 6) is -1.23. The lowest BCUT2D eigenvalue weighted by atomic mass is 9.88. The van der Waals surface area contributed by atoms with Gasteiger partial charge in [-0.05, 0) is 37.1 Å². The molecule has 0 fully saturated rings. The number of aromatic nitrogens is 1. The minimum absolute atomic E-state index is 0.00745. The van der Waals surface area contributed by atoms with E-state index in [1.54, 1.807) is 0 Å². The Bertz CT molecular complexity index is 1000. The van der Waals surface area contributed by atoms with E-state index in [1.807, 2.05) is 36.1 Å². The molecule has 3 nitrogen and oxygen atoms in total. The Kier molecular flexibility index (Phi) is 5.49. The molecule has 1 aromatic heterocycles. The van der Waals surface area contributed by atoms with Crippen LogP contribution < -0.4 is 0 Å². The van der Waals surface area contributed by atoms with Crippen LogP contribution in [0, 0.1) is 11.6 Å². The van der Waals surface area contributed by atoms with Crippen molar-refractivity contribution in [3.05, 3.63) is 69.3 Å². The van der Waals surface area contributed by atoms with E-state index in [4.69, 9.17) is 11.6 Å². The Hall–Kier alpha value is -1.47. The average Bonchev–Trinajstić information content (AvgIpc) is 3.01. The van der Waals surface area contributed by atoms with E-state index in [9.17, 15) is 13.9 Å². The summed E-state index contributed by atoms with van der Waals surface area (Å²) in [6, 6.07) is 9.78. The molecule has 1 aliphatic rings. The number of halogens is 4. The second kappa shape index (κ2) is 7.75. The van der Waals surface area contributed by atoms with Gasteiger partial charge in [0.05, 0.1) is 18.0 Å². The van der Waals surface area contributed by atoms with E-state index in [0.29, 0.717) is 11.0 Å². The molecule has 2 aromatic carbocycles. The van der Waals surface area contributed by atoms with E-state index in [1.165, 1.54) is 12.1 Å². The van der Waals surface area contributed by atoms with Crippen LogP contribution in [0.1, 0.15) is 29.8 Å². The molecular formula is C21H20BrClF2N2O. The zero-order chi connectivity index (χ0) is 20.0. The van der Waals surface area contributed by atoms with E-state index in [0.717, 1.165) is 28.6 Å². The number of para-hydroxylation sites is 1. The normalized spacial score (nSPS) is 21.1. The van der Waals surface area contributed by atoms with Gasteiger partial charge in [-0.3, -0.25) is 4.90 Å². The second-order valence-corrected chi connectivity index (χ2v) is 8.81. The molecule has 7 heteroatoms. The number of benzene rings is 2. The third-order valence-electron chi connectivity index (χ3n) is 5.44. The summed E-state index contributed by atoms with van der Waals surface area (Å²) in [6.45, 7) is 2.13. The Morgan fingerprint density at radius 2 is 1.96 bits per heavy atom. The van der Waals surface area contributed by atoms with Crippen molar-refractivity contribution in [1.82, 2.24) is 9.88 Å². The summed E-state index contributed by atoms with van der Waals surface area (Å²) in [4.78, 5) is 5.36. The second-order valence-electron chi connectivity index (χ2n) is 7.28. The van der Waals surface area contributed by atoms with Crippen molar-refractivity contribution >= 4 is 38.4 Å². The van der Waals surface area contributed by atoms with Gasteiger partial charge in [-0.15, -0.1) is 11.6 Å². The maximum absolute atomic E-state index is 15.0. The molecule has 1 aliphatic heterocycles. The number of rotatable bonds is 4. The molecule has 3 unspecified atom stereocenters. The molecule has 0 spiro atoms. The van der Waals surface area contributed by atoms with Crippen LogP contribution in [0.3, 0.4) is 0 Å². The number of aliphatic hydroxyl groups excluding tert-OH is 1. The molecule has 2 heterocycles. The van der Waals surface area contributed by atoms with Crippen LogP contribution in [0.25, 0.3) is 10.9 Å². The van der Waals surface area contributed by atoms with Gasteiger partial charge in [0.1, 0.15) is 11.6 Å². The lowest BCUT2D eigenvalue weighted by Gasteiger charge is -2.41. The van der Waals surface area contributed by atoms with Gasteiger partial charge >= 0.3 is 0 Å². The van der Waals surface area contributed by atoms with Crippen LogP contribution in [0.4, 0.5) is 8.78 Å². The van der Waals surface area contributed by atoms with Crippen LogP contribution in [-0.4, -0.2) is 39.6 Å². The fourth-order valence-corrected chi connectivity index (χ4v) is 4.77. The van der Waals surface area contributed by atoms with Crippen molar-refractivity contribution in [2.45, 2.75) is 30.8 Å². The minimum Gasteiger partial charge on any atom is -0.395 e. The zero-order valence-electron chi connectivity index (χ0n) is 15.2. The summed E-state index contributed by atoms with van der Waals surface area (Å²) in [5.41, 5.74) is 2.78. The number of hydrogen-bond acceptors (Lipinski definition) is 2. The van der Waals surface area contributed by atoms with Gasteiger partial charge in [0, 0.05) is 39.2 Å². The summed E-state index contributed by atoms with van der Waals surface area (Å²) < 4.78 is 30.3. The van der Waals surface area contributed by atoms with Gasteiger partial charge < -0.3 is 10.1 Å². The number of aromatic amines is 1. The molecule has 2 N–H and O–H groups in total. The molecule has 0 saturated heterocycles. The van der Waals surface area contributed by atoms with E-state index >= 15 is 0 Å². The van der Waals surface area contributed by atoms with Gasteiger partial charge in [0.15, 0.2) is 0 Å².